The molecule has 0 spiro atoms. The van der Waals surface area contributed by atoms with E-state index in [0.717, 1.165) is 6.07 Å². The van der Waals surface area contributed by atoms with Crippen LogP contribution in [0.5, 0.6) is 5.75 Å². The smallest absolute Gasteiger partial charge is 0.404 e. The predicted octanol–water partition coefficient (Wildman–Crippen LogP) is 1.68. The molecule has 0 aromatic heterocycles. The van der Waals surface area contributed by atoms with E-state index in [-0.39, 0.29) is 48.1 Å². The minimum absolute atomic E-state index is 0. The number of hydrogen-bond acceptors (Lipinski definition) is 3. The largest absolute Gasteiger partial charge is 0.573 e. The molecule has 4 N–H and O–H groups in total. The summed E-state index contributed by atoms with van der Waals surface area (Å²) in [4.78, 5) is 14.6. The molecule has 0 radical (unpaired) electrons. The normalized spacial score (nSPS) is 11.3. The number of amides is 1. The van der Waals surface area contributed by atoms with Crippen molar-refractivity contribution in [2.45, 2.75) is 6.36 Å². The number of benzene rings is 1. The van der Waals surface area contributed by atoms with Crippen molar-refractivity contribution in [2.24, 2.45) is 10.7 Å². The first-order chi connectivity index (χ1) is 9.31. The van der Waals surface area contributed by atoms with Crippen LogP contribution in [0.15, 0.2) is 29.3 Å². The number of guanidine groups is 1. The van der Waals surface area contributed by atoms with E-state index in [9.17, 15) is 18.0 Å². The molecule has 10 heteroatoms. The summed E-state index contributed by atoms with van der Waals surface area (Å²) >= 11 is 0. The molecule has 0 aliphatic heterocycles. The molecule has 21 heavy (non-hydrogen) atoms. The molecule has 6 nitrogen and oxygen atoms in total. The van der Waals surface area contributed by atoms with Crippen molar-refractivity contribution < 1.29 is 22.7 Å². The Morgan fingerprint density at radius 2 is 2.00 bits per heavy atom. The predicted molar refractivity (Wildman–Crippen MR) is 82.7 cm³/mol. The van der Waals surface area contributed by atoms with Crippen LogP contribution in [0.1, 0.15) is 0 Å². The maximum atomic E-state index is 12.2. The SMILES string of the molecule is CNC(=O)CN=C(N)Nc1ccccc1OC(F)(F)F.I. The number of rotatable bonds is 4. The number of carbonyl (C=O) groups excluding carboxylic acids is 1. The van der Waals surface area contributed by atoms with Gasteiger partial charge in [-0.2, -0.15) is 0 Å². The maximum Gasteiger partial charge on any atom is 0.573 e. The number of carbonyl (C=O) groups is 1. The van der Waals surface area contributed by atoms with E-state index in [1.807, 2.05) is 0 Å². The summed E-state index contributed by atoms with van der Waals surface area (Å²) in [6, 6.07) is 5.34. The fourth-order valence-electron chi connectivity index (χ4n) is 1.20. The van der Waals surface area contributed by atoms with Crippen molar-refractivity contribution in [1.29, 1.82) is 0 Å². The lowest BCUT2D eigenvalue weighted by molar-refractivity contribution is -0.274. The van der Waals surface area contributed by atoms with Gasteiger partial charge in [-0.1, -0.05) is 12.1 Å². The van der Waals surface area contributed by atoms with Gasteiger partial charge in [0.2, 0.25) is 5.91 Å². The van der Waals surface area contributed by atoms with Crippen LogP contribution in [0.2, 0.25) is 0 Å². The zero-order chi connectivity index (χ0) is 15.2. The maximum absolute atomic E-state index is 12.2. The Hall–Kier alpha value is -1.72. The Morgan fingerprint density at radius 3 is 2.57 bits per heavy atom. The van der Waals surface area contributed by atoms with Gasteiger partial charge in [-0.15, -0.1) is 37.1 Å². The van der Waals surface area contributed by atoms with Crippen molar-refractivity contribution in [3.8, 4) is 5.75 Å². The van der Waals surface area contributed by atoms with Crippen molar-refractivity contribution in [3.05, 3.63) is 24.3 Å². The second-order valence-electron chi connectivity index (χ2n) is 3.54. The second kappa shape index (κ2) is 8.54. The van der Waals surface area contributed by atoms with E-state index in [1.54, 1.807) is 0 Å². The number of aliphatic imine (C=N–C) groups is 1. The third kappa shape index (κ3) is 7.58. The monoisotopic (exact) mass is 418 g/mol. The number of nitrogens with zero attached hydrogens (tertiary/aromatic N) is 1. The third-order valence-corrected chi connectivity index (χ3v) is 2.05. The number of ether oxygens (including phenoxy) is 1. The van der Waals surface area contributed by atoms with Crippen LogP contribution < -0.4 is 21.1 Å². The van der Waals surface area contributed by atoms with Gasteiger partial charge in [0.05, 0.1) is 5.69 Å². The van der Waals surface area contributed by atoms with Crippen molar-refractivity contribution in [3.63, 3.8) is 0 Å². The van der Waals surface area contributed by atoms with Gasteiger partial charge in [-0.25, -0.2) is 4.99 Å². The quantitative estimate of drug-likeness (QED) is 0.395. The number of anilines is 1. The molecule has 0 aliphatic rings. The summed E-state index contributed by atoms with van der Waals surface area (Å²) in [6.07, 6.45) is -4.81. The molecule has 0 aliphatic carbocycles. The van der Waals surface area contributed by atoms with Gasteiger partial charge < -0.3 is 21.1 Å². The molecule has 0 saturated carbocycles. The molecule has 1 aromatic rings. The van der Waals surface area contributed by atoms with Crippen molar-refractivity contribution in [1.82, 2.24) is 5.32 Å². The molecular formula is C11H14F3IN4O2. The molecular weight excluding hydrogens is 404 g/mol. The fraction of sp³-hybridized carbons (Fsp3) is 0.273. The summed E-state index contributed by atoms with van der Waals surface area (Å²) < 4.78 is 40.4. The fourth-order valence-corrected chi connectivity index (χ4v) is 1.20. The first kappa shape index (κ1) is 19.3. The van der Waals surface area contributed by atoms with Crippen molar-refractivity contribution in [2.75, 3.05) is 18.9 Å². The molecule has 0 unspecified atom stereocenters. The number of para-hydroxylation sites is 2. The summed E-state index contributed by atoms with van der Waals surface area (Å²) in [6.45, 7) is -0.238. The van der Waals surface area contributed by atoms with E-state index in [2.05, 4.69) is 20.4 Å². The van der Waals surface area contributed by atoms with Crippen LogP contribution in [0, 0.1) is 0 Å². The Balaban J connectivity index is 0.00000400. The van der Waals surface area contributed by atoms with E-state index in [1.165, 1.54) is 25.2 Å². The molecule has 1 rings (SSSR count). The summed E-state index contributed by atoms with van der Waals surface area (Å²) in [5.41, 5.74) is 5.45. The Labute approximate surface area is 136 Å². The zero-order valence-electron chi connectivity index (χ0n) is 10.9. The highest BCUT2D eigenvalue weighted by Crippen LogP contribution is 2.29. The van der Waals surface area contributed by atoms with Gasteiger partial charge in [0.15, 0.2) is 11.7 Å². The second-order valence-corrected chi connectivity index (χ2v) is 3.54. The number of likely N-dealkylation sites (N-methyl/N-ethyl adjacent to an activating group) is 1. The molecule has 0 fully saturated rings. The summed E-state index contributed by atoms with van der Waals surface area (Å²) in [7, 11) is 1.42. The molecule has 0 bridgehead atoms. The Kier molecular flexibility index (Phi) is 7.84. The molecule has 1 amide bonds. The average Bonchev–Trinajstić information content (AvgIpc) is 2.36. The van der Waals surface area contributed by atoms with Crippen LogP contribution >= 0.6 is 24.0 Å². The summed E-state index contributed by atoms with van der Waals surface area (Å²) in [5.74, 6) is -1.03. The van der Waals surface area contributed by atoms with Gasteiger partial charge in [0, 0.05) is 7.05 Å². The Bertz CT molecular complexity index is 508. The molecule has 0 heterocycles. The molecule has 0 saturated heterocycles. The van der Waals surface area contributed by atoms with Crippen LogP contribution in [0.3, 0.4) is 0 Å². The van der Waals surface area contributed by atoms with Crippen LogP contribution in [0.25, 0.3) is 0 Å². The highest BCUT2D eigenvalue weighted by molar-refractivity contribution is 14.0. The lowest BCUT2D eigenvalue weighted by Gasteiger charge is -2.14. The number of nitrogens with two attached hydrogens (primary N) is 1. The average molecular weight is 418 g/mol. The lowest BCUT2D eigenvalue weighted by atomic mass is 10.3. The topological polar surface area (TPSA) is 88.7 Å². The van der Waals surface area contributed by atoms with Crippen LogP contribution in [-0.2, 0) is 4.79 Å². The number of hydrogen-bond donors (Lipinski definition) is 3. The van der Waals surface area contributed by atoms with Gasteiger partial charge in [0.25, 0.3) is 0 Å². The summed E-state index contributed by atoms with van der Waals surface area (Å²) in [5, 5.41) is 4.76. The van der Waals surface area contributed by atoms with Gasteiger partial charge >= 0.3 is 6.36 Å². The molecule has 1 aromatic carbocycles. The highest BCUT2D eigenvalue weighted by atomic mass is 127. The lowest BCUT2D eigenvalue weighted by Crippen LogP contribution is -2.27. The van der Waals surface area contributed by atoms with Gasteiger partial charge in [-0.3, -0.25) is 4.79 Å². The standard InChI is InChI=1S/C11H13F3N4O2.HI/c1-16-9(19)6-17-10(15)18-7-4-2-3-5-8(7)20-11(12,13)14;/h2-5H,6H2,1H3,(H,16,19)(H3,15,17,18);1H. The minimum Gasteiger partial charge on any atom is -0.404 e. The van der Waals surface area contributed by atoms with E-state index in [0.29, 0.717) is 0 Å². The third-order valence-electron chi connectivity index (χ3n) is 2.05. The van der Waals surface area contributed by atoms with Crippen LogP contribution in [0.4, 0.5) is 18.9 Å². The number of alkyl halides is 3. The van der Waals surface area contributed by atoms with E-state index >= 15 is 0 Å². The first-order valence-electron chi connectivity index (χ1n) is 5.44. The first-order valence-corrected chi connectivity index (χ1v) is 5.44. The van der Waals surface area contributed by atoms with E-state index in [4.69, 9.17) is 5.73 Å². The van der Waals surface area contributed by atoms with Crippen LogP contribution in [-0.4, -0.2) is 31.8 Å². The molecule has 0 atom stereocenters. The molecule has 118 valence electrons. The van der Waals surface area contributed by atoms with E-state index < -0.39 is 12.1 Å². The van der Waals surface area contributed by atoms with Gasteiger partial charge in [-0.05, 0) is 12.1 Å². The highest BCUT2D eigenvalue weighted by Gasteiger charge is 2.32. The number of nitrogens with one attached hydrogen (secondary N) is 2. The zero-order valence-corrected chi connectivity index (χ0v) is 13.2. The van der Waals surface area contributed by atoms with Crippen molar-refractivity contribution >= 4 is 41.5 Å². The number of halogens is 4. The minimum atomic E-state index is -4.81. The van der Waals surface area contributed by atoms with Gasteiger partial charge in [0.1, 0.15) is 6.54 Å². The Morgan fingerprint density at radius 1 is 1.38 bits per heavy atom.